The molecule has 1 unspecified atom stereocenters. The lowest BCUT2D eigenvalue weighted by atomic mass is 10.2. The Morgan fingerprint density at radius 2 is 1.94 bits per heavy atom. The number of ether oxygens (including phenoxy) is 2. The molecule has 0 aliphatic carbocycles. The van der Waals surface area contributed by atoms with E-state index in [0.29, 0.717) is 6.33 Å². The molecule has 3 aromatic rings. The van der Waals surface area contributed by atoms with Gasteiger partial charge in [0.25, 0.3) is 5.56 Å². The number of methoxy groups -OCH3 is 1. The molecule has 0 N–H and O–H groups in total. The first kappa shape index (κ1) is 23.2. The molecule has 14 heteroatoms. The summed E-state index contributed by atoms with van der Waals surface area (Å²) < 4.78 is 52.2. The van der Waals surface area contributed by atoms with E-state index in [1.54, 1.807) is 6.07 Å². The molecule has 1 aromatic carbocycles. The van der Waals surface area contributed by atoms with Crippen LogP contribution in [-0.2, 0) is 12.7 Å². The molecule has 0 spiro atoms. The van der Waals surface area contributed by atoms with Crippen molar-refractivity contribution in [3.05, 3.63) is 73.3 Å². The van der Waals surface area contributed by atoms with E-state index in [-0.39, 0.29) is 34.3 Å². The van der Waals surface area contributed by atoms with Gasteiger partial charge in [-0.15, -0.1) is 0 Å². The standard InChI is InChI=1S/C18H12ClF3N5O4P/c1-30-13-5-11(25-27(32)16(13)28)7-26-8-24-15(18(20,21)22)14(17(26)29)31-12-3-9(6-23)2-10(19)4-12/h2-5,8H,7,32H2,1H3. The summed E-state index contributed by atoms with van der Waals surface area (Å²) in [6, 6.07) is 6.57. The van der Waals surface area contributed by atoms with Crippen molar-refractivity contribution in [1.82, 2.24) is 19.1 Å². The van der Waals surface area contributed by atoms with Crippen molar-refractivity contribution in [2.75, 3.05) is 7.11 Å². The lowest BCUT2D eigenvalue weighted by Crippen LogP contribution is -2.28. The Bertz CT molecular complexity index is 1350. The average molecular weight is 486 g/mol. The Kier molecular flexibility index (Phi) is 6.52. The molecule has 0 saturated carbocycles. The van der Waals surface area contributed by atoms with Gasteiger partial charge in [0.05, 0.1) is 37.3 Å². The number of benzene rings is 1. The fourth-order valence-corrected chi connectivity index (χ4v) is 3.12. The van der Waals surface area contributed by atoms with Crippen LogP contribution in [0.15, 0.2) is 40.2 Å². The molecule has 0 saturated heterocycles. The van der Waals surface area contributed by atoms with Crippen LogP contribution in [-0.4, -0.2) is 26.2 Å². The highest BCUT2D eigenvalue weighted by Gasteiger charge is 2.38. The van der Waals surface area contributed by atoms with E-state index in [1.165, 1.54) is 19.2 Å². The largest absolute Gasteiger partial charge is 0.491 e. The van der Waals surface area contributed by atoms with Crippen molar-refractivity contribution in [1.29, 1.82) is 5.26 Å². The number of rotatable bonds is 5. The van der Waals surface area contributed by atoms with Crippen LogP contribution < -0.4 is 20.6 Å². The molecule has 32 heavy (non-hydrogen) atoms. The van der Waals surface area contributed by atoms with Crippen molar-refractivity contribution in [3.8, 4) is 23.3 Å². The maximum absolute atomic E-state index is 13.5. The van der Waals surface area contributed by atoms with Gasteiger partial charge in [0.15, 0.2) is 11.4 Å². The Morgan fingerprint density at radius 3 is 2.56 bits per heavy atom. The summed E-state index contributed by atoms with van der Waals surface area (Å²) in [6.45, 7) is -0.343. The van der Waals surface area contributed by atoms with Crippen molar-refractivity contribution < 1.29 is 22.6 Å². The molecule has 0 amide bonds. The number of nitriles is 1. The minimum absolute atomic E-state index is 0.0178. The van der Waals surface area contributed by atoms with Gasteiger partial charge in [0.1, 0.15) is 5.75 Å². The van der Waals surface area contributed by atoms with Crippen LogP contribution >= 0.6 is 21.0 Å². The van der Waals surface area contributed by atoms with Crippen LogP contribution in [0.5, 0.6) is 17.2 Å². The minimum atomic E-state index is -5.00. The summed E-state index contributed by atoms with van der Waals surface area (Å²) in [7, 11) is 3.29. The predicted molar refractivity (Wildman–Crippen MR) is 109 cm³/mol. The first-order valence-corrected chi connectivity index (χ1v) is 9.40. The fraction of sp³-hybridized carbons (Fsp3) is 0.167. The van der Waals surface area contributed by atoms with Crippen LogP contribution in [0.1, 0.15) is 17.0 Å². The van der Waals surface area contributed by atoms with E-state index in [1.807, 2.05) is 9.39 Å². The first-order chi connectivity index (χ1) is 15.0. The number of nitrogens with zero attached hydrogens (tertiary/aromatic N) is 5. The molecular formula is C18H12ClF3N5O4P. The number of alkyl halides is 3. The average Bonchev–Trinajstić information content (AvgIpc) is 2.72. The number of halogens is 4. The van der Waals surface area contributed by atoms with E-state index in [2.05, 4.69) is 10.1 Å². The smallest absolute Gasteiger partial charge is 0.437 e. The normalized spacial score (nSPS) is 11.2. The zero-order valence-corrected chi connectivity index (χ0v) is 18.0. The predicted octanol–water partition coefficient (Wildman–Crippen LogP) is 2.83. The summed E-state index contributed by atoms with van der Waals surface area (Å²) >= 11 is 5.86. The summed E-state index contributed by atoms with van der Waals surface area (Å²) in [5, 5.41) is 13.0. The Labute approximate surface area is 184 Å². The Balaban J connectivity index is 2.11. The van der Waals surface area contributed by atoms with E-state index in [9.17, 15) is 22.8 Å². The van der Waals surface area contributed by atoms with Gasteiger partial charge < -0.3 is 9.47 Å². The van der Waals surface area contributed by atoms with Gasteiger partial charge in [-0.3, -0.25) is 14.2 Å². The minimum Gasteiger partial charge on any atom is -0.491 e. The van der Waals surface area contributed by atoms with Crippen LogP contribution in [0.4, 0.5) is 13.2 Å². The zero-order chi connectivity index (χ0) is 23.6. The first-order valence-electron chi connectivity index (χ1n) is 8.51. The van der Waals surface area contributed by atoms with Gasteiger partial charge in [-0.1, -0.05) is 11.6 Å². The lowest BCUT2D eigenvalue weighted by molar-refractivity contribution is -0.142. The van der Waals surface area contributed by atoms with Gasteiger partial charge in [-0.05, 0) is 27.6 Å². The highest BCUT2D eigenvalue weighted by atomic mass is 35.5. The molecule has 0 bridgehead atoms. The molecule has 0 fully saturated rings. The van der Waals surface area contributed by atoms with Crippen molar-refractivity contribution in [2.45, 2.75) is 12.7 Å². The maximum atomic E-state index is 13.5. The monoisotopic (exact) mass is 485 g/mol. The number of hydrogen-bond donors (Lipinski definition) is 0. The Hall–Kier alpha value is -3.42. The van der Waals surface area contributed by atoms with E-state index >= 15 is 0 Å². The molecule has 2 aromatic heterocycles. The second-order valence-electron chi connectivity index (χ2n) is 6.20. The highest BCUT2D eigenvalue weighted by Crippen LogP contribution is 2.35. The third-order valence-electron chi connectivity index (χ3n) is 3.99. The summed E-state index contributed by atoms with van der Waals surface area (Å²) in [5.74, 6) is -1.45. The van der Waals surface area contributed by atoms with Crippen molar-refractivity contribution in [3.63, 3.8) is 0 Å². The number of hydrogen-bond acceptors (Lipinski definition) is 7. The lowest BCUT2D eigenvalue weighted by Gasteiger charge is -2.15. The van der Waals surface area contributed by atoms with Gasteiger partial charge in [-0.2, -0.15) is 23.5 Å². The third-order valence-corrected chi connectivity index (χ3v) is 4.56. The van der Waals surface area contributed by atoms with E-state index < -0.39 is 28.7 Å². The SMILES string of the molecule is COc1cc(Cn2cnc(C(F)(F)F)c(Oc3cc(Cl)cc(C#N)c3)c2=O)nn(P)c1=O. The van der Waals surface area contributed by atoms with Crippen LogP contribution in [0, 0.1) is 11.3 Å². The Morgan fingerprint density at radius 1 is 1.22 bits per heavy atom. The third kappa shape index (κ3) is 4.90. The maximum Gasteiger partial charge on any atom is 0.437 e. The van der Waals surface area contributed by atoms with E-state index in [0.717, 1.165) is 21.2 Å². The van der Waals surface area contributed by atoms with Crippen LogP contribution in [0.3, 0.4) is 0 Å². The van der Waals surface area contributed by atoms with Crippen molar-refractivity contribution in [2.24, 2.45) is 0 Å². The van der Waals surface area contributed by atoms with Gasteiger partial charge >= 0.3 is 11.7 Å². The highest BCUT2D eigenvalue weighted by molar-refractivity contribution is 7.14. The van der Waals surface area contributed by atoms with Gasteiger partial charge in [-0.25, -0.2) is 9.44 Å². The zero-order valence-electron chi connectivity index (χ0n) is 16.1. The second-order valence-corrected chi connectivity index (χ2v) is 7.12. The molecular weight excluding hydrogens is 474 g/mol. The molecule has 9 nitrogen and oxygen atoms in total. The molecule has 166 valence electrons. The molecule has 0 aliphatic rings. The summed E-state index contributed by atoms with van der Waals surface area (Å²) in [4.78, 5) is 28.0. The van der Waals surface area contributed by atoms with E-state index in [4.69, 9.17) is 26.3 Å². The summed E-state index contributed by atoms with van der Waals surface area (Å²) in [5.41, 5.74) is -3.16. The molecule has 0 aliphatic heterocycles. The molecule has 0 radical (unpaired) electrons. The topological polar surface area (TPSA) is 112 Å². The molecule has 3 rings (SSSR count). The van der Waals surface area contributed by atoms with Crippen LogP contribution in [0.2, 0.25) is 5.02 Å². The molecule has 1 atom stereocenters. The summed E-state index contributed by atoms with van der Waals surface area (Å²) in [6.07, 6.45) is -4.32. The van der Waals surface area contributed by atoms with Gasteiger partial charge in [0.2, 0.25) is 5.75 Å². The van der Waals surface area contributed by atoms with Crippen LogP contribution in [0.25, 0.3) is 0 Å². The van der Waals surface area contributed by atoms with Gasteiger partial charge in [0, 0.05) is 11.1 Å². The second kappa shape index (κ2) is 8.98. The molecule has 2 heterocycles. The number of aromatic nitrogens is 4. The fourth-order valence-electron chi connectivity index (χ4n) is 2.62. The quantitative estimate of drug-likeness (QED) is 0.511. The van der Waals surface area contributed by atoms with Crippen molar-refractivity contribution >= 4 is 21.0 Å².